The maximum Gasteiger partial charge on any atom is 0.337 e. The summed E-state index contributed by atoms with van der Waals surface area (Å²) >= 11 is 0. The van der Waals surface area contributed by atoms with Crippen molar-refractivity contribution in [3.05, 3.63) is 47.3 Å². The normalized spacial score (nSPS) is 11.2. The molecule has 2 rings (SSSR count). The minimum Gasteiger partial charge on any atom is -0.478 e. The molecule has 26 heavy (non-hydrogen) atoms. The van der Waals surface area contributed by atoms with Crippen LogP contribution in [-0.2, 0) is 23.5 Å². The van der Waals surface area contributed by atoms with Gasteiger partial charge in [0.05, 0.1) is 11.3 Å². The van der Waals surface area contributed by atoms with Crippen molar-refractivity contribution in [2.45, 2.75) is 24.7 Å². The Hall–Kier alpha value is -2.81. The van der Waals surface area contributed by atoms with Gasteiger partial charge < -0.3 is 15.0 Å². The first kappa shape index (κ1) is 19.5. The highest BCUT2D eigenvalue weighted by Gasteiger charge is 2.22. The number of sulfonamides is 1. The lowest BCUT2D eigenvalue weighted by molar-refractivity contribution is 0.0697. The lowest BCUT2D eigenvalue weighted by atomic mass is 10.1. The molecule has 2 aromatic rings. The van der Waals surface area contributed by atoms with E-state index in [1.165, 1.54) is 36.0 Å². The van der Waals surface area contributed by atoms with Crippen LogP contribution in [0.15, 0.2) is 35.4 Å². The fraction of sp³-hybridized carbons (Fsp3) is 0.294. The molecule has 0 aliphatic carbocycles. The first-order valence-electron chi connectivity index (χ1n) is 7.97. The number of aryl methyl sites for hydroxylation is 2. The van der Waals surface area contributed by atoms with Crippen LogP contribution in [0.4, 0.5) is 5.69 Å². The molecular formula is C17H21N3O5S. The van der Waals surface area contributed by atoms with Crippen molar-refractivity contribution in [1.29, 1.82) is 0 Å². The summed E-state index contributed by atoms with van der Waals surface area (Å²) in [6, 6.07) is 5.82. The zero-order valence-corrected chi connectivity index (χ0v) is 15.6. The van der Waals surface area contributed by atoms with Crippen LogP contribution >= 0.6 is 0 Å². The van der Waals surface area contributed by atoms with Gasteiger partial charge >= 0.3 is 5.97 Å². The lowest BCUT2D eigenvalue weighted by Gasteiger charge is -2.11. The molecule has 0 bridgehead atoms. The van der Waals surface area contributed by atoms with Crippen molar-refractivity contribution < 1.29 is 23.1 Å². The molecule has 1 aromatic carbocycles. The summed E-state index contributed by atoms with van der Waals surface area (Å²) in [5.41, 5.74) is 0.837. The molecule has 0 radical (unpaired) electrons. The number of carboxylic acid groups (broad SMARTS) is 1. The van der Waals surface area contributed by atoms with Crippen molar-refractivity contribution >= 4 is 27.6 Å². The third kappa shape index (κ3) is 4.05. The fourth-order valence-electron chi connectivity index (χ4n) is 2.54. The number of hydrogen-bond donors (Lipinski definition) is 3. The molecule has 1 heterocycles. The summed E-state index contributed by atoms with van der Waals surface area (Å²) in [6.45, 7) is 1.97. The van der Waals surface area contributed by atoms with E-state index in [2.05, 4.69) is 10.0 Å². The van der Waals surface area contributed by atoms with Crippen LogP contribution in [0.1, 0.15) is 39.8 Å². The number of carboxylic acids is 1. The SMILES string of the molecule is CCCc1ccc(NS(=O)(=O)c2cc(C(=O)NC)n(C)c2)c(C(=O)O)c1. The van der Waals surface area contributed by atoms with Crippen LogP contribution in [0, 0.1) is 0 Å². The molecule has 8 nitrogen and oxygen atoms in total. The van der Waals surface area contributed by atoms with E-state index in [1.807, 2.05) is 6.92 Å². The quantitative estimate of drug-likeness (QED) is 0.678. The van der Waals surface area contributed by atoms with Crippen molar-refractivity contribution in [2.24, 2.45) is 7.05 Å². The van der Waals surface area contributed by atoms with Crippen LogP contribution in [0.25, 0.3) is 0 Å². The molecule has 0 saturated carbocycles. The summed E-state index contributed by atoms with van der Waals surface area (Å²) < 4.78 is 28.9. The molecule has 0 aliphatic heterocycles. The first-order valence-corrected chi connectivity index (χ1v) is 9.45. The number of carbonyl (C=O) groups excluding carboxylic acids is 1. The number of carbonyl (C=O) groups is 2. The Morgan fingerprint density at radius 3 is 2.50 bits per heavy atom. The Bertz CT molecular complexity index is 947. The number of anilines is 1. The van der Waals surface area contributed by atoms with Crippen LogP contribution < -0.4 is 10.0 Å². The highest BCUT2D eigenvalue weighted by Crippen LogP contribution is 2.23. The zero-order valence-electron chi connectivity index (χ0n) is 14.7. The number of amides is 1. The Morgan fingerprint density at radius 2 is 1.92 bits per heavy atom. The molecule has 9 heteroatoms. The van der Waals surface area contributed by atoms with E-state index >= 15 is 0 Å². The second-order valence-electron chi connectivity index (χ2n) is 5.79. The van der Waals surface area contributed by atoms with Gasteiger partial charge in [0.15, 0.2) is 0 Å². The van der Waals surface area contributed by atoms with E-state index in [1.54, 1.807) is 13.1 Å². The lowest BCUT2D eigenvalue weighted by Crippen LogP contribution is -2.20. The Balaban J connectivity index is 2.41. The van der Waals surface area contributed by atoms with Gasteiger partial charge in [-0.25, -0.2) is 13.2 Å². The topological polar surface area (TPSA) is 117 Å². The van der Waals surface area contributed by atoms with E-state index in [4.69, 9.17) is 0 Å². The second-order valence-corrected chi connectivity index (χ2v) is 7.47. The summed E-state index contributed by atoms with van der Waals surface area (Å²) in [6.07, 6.45) is 2.83. The van der Waals surface area contributed by atoms with Gasteiger partial charge in [-0.1, -0.05) is 19.4 Å². The third-order valence-corrected chi connectivity index (χ3v) is 5.18. The standard InChI is InChI=1S/C17H21N3O5S/c1-4-5-11-6-7-14(13(8-11)17(22)23)19-26(24,25)12-9-15(16(21)18-2)20(3)10-12/h6-10,19H,4-5H2,1-3H3,(H,18,21)(H,22,23). The molecule has 0 fully saturated rings. The predicted molar refractivity (Wildman–Crippen MR) is 97.0 cm³/mol. The van der Waals surface area contributed by atoms with E-state index in [0.29, 0.717) is 6.42 Å². The van der Waals surface area contributed by atoms with Gasteiger partial charge in [-0.2, -0.15) is 0 Å². The highest BCUT2D eigenvalue weighted by atomic mass is 32.2. The van der Waals surface area contributed by atoms with Crippen LogP contribution in [-0.4, -0.2) is 37.0 Å². The number of aromatic nitrogens is 1. The number of nitrogens with zero attached hydrogens (tertiary/aromatic N) is 1. The number of aromatic carboxylic acids is 1. The van der Waals surface area contributed by atoms with Crippen molar-refractivity contribution in [1.82, 2.24) is 9.88 Å². The van der Waals surface area contributed by atoms with Gasteiger partial charge in [-0.05, 0) is 30.2 Å². The molecule has 0 aliphatic rings. The minimum absolute atomic E-state index is 0.0253. The Kier molecular flexibility index (Phi) is 5.71. The number of rotatable bonds is 7. The molecule has 140 valence electrons. The van der Waals surface area contributed by atoms with E-state index in [-0.39, 0.29) is 21.8 Å². The second kappa shape index (κ2) is 7.61. The average molecular weight is 379 g/mol. The smallest absolute Gasteiger partial charge is 0.337 e. The number of nitrogens with one attached hydrogen (secondary N) is 2. The predicted octanol–water partition coefficient (Wildman–Crippen LogP) is 1.84. The van der Waals surface area contributed by atoms with Gasteiger partial charge in [0.2, 0.25) is 0 Å². The van der Waals surface area contributed by atoms with Crippen LogP contribution in [0.5, 0.6) is 0 Å². The van der Waals surface area contributed by atoms with E-state index in [9.17, 15) is 23.1 Å². The molecule has 1 amide bonds. The van der Waals surface area contributed by atoms with E-state index < -0.39 is 21.9 Å². The fourth-order valence-corrected chi connectivity index (χ4v) is 3.69. The van der Waals surface area contributed by atoms with Gasteiger partial charge in [-0.3, -0.25) is 9.52 Å². The highest BCUT2D eigenvalue weighted by molar-refractivity contribution is 7.92. The van der Waals surface area contributed by atoms with Crippen molar-refractivity contribution in [3.63, 3.8) is 0 Å². The number of benzene rings is 1. The largest absolute Gasteiger partial charge is 0.478 e. The van der Waals surface area contributed by atoms with Gasteiger partial charge in [0.25, 0.3) is 15.9 Å². The molecule has 0 saturated heterocycles. The summed E-state index contributed by atoms with van der Waals surface area (Å²) in [4.78, 5) is 23.1. The molecule has 0 atom stereocenters. The molecule has 3 N–H and O–H groups in total. The maximum atomic E-state index is 12.6. The van der Waals surface area contributed by atoms with Gasteiger partial charge in [-0.15, -0.1) is 0 Å². The average Bonchev–Trinajstić information content (AvgIpc) is 2.98. The van der Waals surface area contributed by atoms with E-state index in [0.717, 1.165) is 12.0 Å². The first-order chi connectivity index (χ1) is 12.2. The monoisotopic (exact) mass is 379 g/mol. The zero-order chi connectivity index (χ0) is 19.5. The third-order valence-electron chi connectivity index (χ3n) is 3.85. The summed E-state index contributed by atoms with van der Waals surface area (Å²) in [7, 11) is -1.06. The van der Waals surface area contributed by atoms with Gasteiger partial charge in [0, 0.05) is 20.3 Å². The molecule has 0 unspecified atom stereocenters. The Morgan fingerprint density at radius 1 is 1.23 bits per heavy atom. The van der Waals surface area contributed by atoms with Crippen molar-refractivity contribution in [3.8, 4) is 0 Å². The molecule has 0 spiro atoms. The Labute approximate surface area is 151 Å². The number of hydrogen-bond acceptors (Lipinski definition) is 4. The van der Waals surface area contributed by atoms with Gasteiger partial charge in [0.1, 0.15) is 10.6 Å². The van der Waals surface area contributed by atoms with Crippen LogP contribution in [0.2, 0.25) is 0 Å². The molecular weight excluding hydrogens is 358 g/mol. The molecule has 1 aromatic heterocycles. The van der Waals surface area contributed by atoms with Crippen LogP contribution in [0.3, 0.4) is 0 Å². The maximum absolute atomic E-state index is 12.6. The van der Waals surface area contributed by atoms with Crippen molar-refractivity contribution in [2.75, 3.05) is 11.8 Å². The summed E-state index contributed by atoms with van der Waals surface area (Å²) in [5, 5.41) is 11.8. The minimum atomic E-state index is -4.05. The summed E-state index contributed by atoms with van der Waals surface area (Å²) in [5.74, 6) is -1.65.